The van der Waals surface area contributed by atoms with Crippen LogP contribution in [0.4, 0.5) is 0 Å². The highest BCUT2D eigenvalue weighted by Gasteiger charge is 2.32. The zero-order chi connectivity index (χ0) is 13.4. The molecule has 0 aromatic heterocycles. The average Bonchev–Trinajstić information content (AvgIpc) is 2.56. The lowest BCUT2D eigenvalue weighted by Gasteiger charge is -2.31. The second kappa shape index (κ2) is 8.19. The number of unbranched alkanes of at least 4 members (excludes halogenated alkanes) is 1. The van der Waals surface area contributed by atoms with Gasteiger partial charge in [0.1, 0.15) is 0 Å². The van der Waals surface area contributed by atoms with Crippen molar-refractivity contribution in [3.63, 3.8) is 0 Å². The number of rotatable bonds is 7. The molecule has 0 spiro atoms. The van der Waals surface area contributed by atoms with Gasteiger partial charge in [0, 0.05) is 0 Å². The fraction of sp³-hybridized carbons (Fsp3) is 1.00. The van der Waals surface area contributed by atoms with Gasteiger partial charge in [-0.05, 0) is 37.5 Å². The minimum atomic E-state index is -0.335. The van der Waals surface area contributed by atoms with Gasteiger partial charge in [-0.2, -0.15) is 0 Å². The first-order valence-electron chi connectivity index (χ1n) is 8.36. The van der Waals surface area contributed by atoms with Crippen LogP contribution in [0.2, 0.25) is 0 Å². The predicted molar refractivity (Wildman–Crippen MR) is 79.7 cm³/mol. The first kappa shape index (κ1) is 16.0. The second-order valence-electron chi connectivity index (χ2n) is 6.55. The van der Waals surface area contributed by atoms with Crippen LogP contribution in [0.3, 0.4) is 0 Å². The van der Waals surface area contributed by atoms with Gasteiger partial charge in [0.2, 0.25) is 0 Å². The summed E-state index contributed by atoms with van der Waals surface area (Å²) >= 11 is 0. The summed E-state index contributed by atoms with van der Waals surface area (Å²) < 4.78 is 0. The molecule has 0 heterocycles. The molecule has 1 nitrogen and oxygen atoms in total. The summed E-state index contributed by atoms with van der Waals surface area (Å²) in [7, 11) is 0. The third-order valence-corrected chi connectivity index (χ3v) is 5.06. The maximum Gasteiger partial charge on any atom is 0.0650 e. The summed E-state index contributed by atoms with van der Waals surface area (Å²) in [6.07, 6.45) is 13.4. The first-order valence-corrected chi connectivity index (χ1v) is 8.36. The fourth-order valence-electron chi connectivity index (χ4n) is 3.55. The molecular formula is C17H34O. The Balaban J connectivity index is 2.46. The number of aliphatic hydroxyl groups is 1. The Bertz CT molecular complexity index is 214. The van der Waals surface area contributed by atoms with E-state index in [-0.39, 0.29) is 5.60 Å². The van der Waals surface area contributed by atoms with E-state index in [1.54, 1.807) is 0 Å². The molecule has 0 saturated heterocycles. The van der Waals surface area contributed by atoms with Gasteiger partial charge in [-0.25, -0.2) is 0 Å². The lowest BCUT2D eigenvalue weighted by Crippen LogP contribution is -2.31. The van der Waals surface area contributed by atoms with E-state index in [0.29, 0.717) is 0 Å². The van der Waals surface area contributed by atoms with Crippen LogP contribution in [0.1, 0.15) is 91.4 Å². The van der Waals surface area contributed by atoms with Crippen molar-refractivity contribution >= 4 is 0 Å². The Morgan fingerprint density at radius 1 is 1.17 bits per heavy atom. The van der Waals surface area contributed by atoms with Crippen LogP contribution in [0.5, 0.6) is 0 Å². The van der Waals surface area contributed by atoms with Crippen LogP contribution < -0.4 is 0 Å². The van der Waals surface area contributed by atoms with Crippen LogP contribution in [0.25, 0.3) is 0 Å². The van der Waals surface area contributed by atoms with Crippen LogP contribution in [-0.4, -0.2) is 10.7 Å². The molecule has 0 bridgehead atoms. The predicted octanol–water partition coefficient (Wildman–Crippen LogP) is 5.31. The quantitative estimate of drug-likeness (QED) is 0.610. The van der Waals surface area contributed by atoms with Crippen molar-refractivity contribution in [1.82, 2.24) is 0 Å². The standard InChI is InChI=1S/C17H34O/c1-4-7-9-16(6-3)14-17(18)12-8-10-15(5-2)11-13-17/h15-16,18H,4-14H2,1-3H3. The Labute approximate surface area is 114 Å². The molecule has 1 N–H and O–H groups in total. The Morgan fingerprint density at radius 2 is 1.94 bits per heavy atom. The zero-order valence-corrected chi connectivity index (χ0v) is 12.9. The Hall–Kier alpha value is -0.0400. The van der Waals surface area contributed by atoms with Gasteiger partial charge in [0.25, 0.3) is 0 Å². The van der Waals surface area contributed by atoms with E-state index >= 15 is 0 Å². The fourth-order valence-corrected chi connectivity index (χ4v) is 3.55. The molecule has 108 valence electrons. The molecule has 0 radical (unpaired) electrons. The van der Waals surface area contributed by atoms with Gasteiger partial charge >= 0.3 is 0 Å². The van der Waals surface area contributed by atoms with Crippen molar-refractivity contribution in [2.45, 2.75) is 97.0 Å². The molecule has 1 aliphatic rings. The monoisotopic (exact) mass is 254 g/mol. The maximum absolute atomic E-state index is 10.9. The molecule has 0 aliphatic heterocycles. The topological polar surface area (TPSA) is 20.2 Å². The third-order valence-electron chi connectivity index (χ3n) is 5.06. The molecule has 0 aromatic rings. The number of hydrogen-bond donors (Lipinski definition) is 1. The summed E-state index contributed by atoms with van der Waals surface area (Å²) in [4.78, 5) is 0. The molecule has 0 amide bonds. The molecule has 3 atom stereocenters. The van der Waals surface area contributed by atoms with Crippen molar-refractivity contribution in [3.8, 4) is 0 Å². The highest BCUT2D eigenvalue weighted by atomic mass is 16.3. The summed E-state index contributed by atoms with van der Waals surface area (Å²) in [5, 5.41) is 10.9. The minimum Gasteiger partial charge on any atom is -0.390 e. The molecule has 3 unspecified atom stereocenters. The molecule has 1 fully saturated rings. The lowest BCUT2D eigenvalue weighted by atomic mass is 9.81. The molecular weight excluding hydrogens is 220 g/mol. The van der Waals surface area contributed by atoms with Crippen LogP contribution in [-0.2, 0) is 0 Å². The highest BCUT2D eigenvalue weighted by Crippen LogP contribution is 2.37. The Morgan fingerprint density at radius 3 is 2.56 bits per heavy atom. The molecule has 1 rings (SSSR count). The smallest absolute Gasteiger partial charge is 0.0650 e. The van der Waals surface area contributed by atoms with Gasteiger partial charge < -0.3 is 5.11 Å². The van der Waals surface area contributed by atoms with Crippen molar-refractivity contribution in [1.29, 1.82) is 0 Å². The van der Waals surface area contributed by atoms with E-state index in [9.17, 15) is 5.11 Å². The average molecular weight is 254 g/mol. The van der Waals surface area contributed by atoms with Crippen molar-refractivity contribution in [2.75, 3.05) is 0 Å². The SMILES string of the molecule is CCCCC(CC)CC1(O)CCCC(CC)CC1. The lowest BCUT2D eigenvalue weighted by molar-refractivity contribution is -0.00172. The molecule has 18 heavy (non-hydrogen) atoms. The van der Waals surface area contributed by atoms with E-state index in [2.05, 4.69) is 20.8 Å². The minimum absolute atomic E-state index is 0.335. The third kappa shape index (κ3) is 5.30. The largest absolute Gasteiger partial charge is 0.390 e. The summed E-state index contributed by atoms with van der Waals surface area (Å²) in [5.41, 5.74) is -0.335. The molecule has 1 aliphatic carbocycles. The Kier molecular flexibility index (Phi) is 7.29. The van der Waals surface area contributed by atoms with Gasteiger partial charge in [0.05, 0.1) is 5.60 Å². The van der Waals surface area contributed by atoms with E-state index in [1.165, 1.54) is 51.4 Å². The highest BCUT2D eigenvalue weighted by molar-refractivity contribution is 4.85. The van der Waals surface area contributed by atoms with E-state index in [0.717, 1.165) is 31.1 Å². The number of hydrogen-bond acceptors (Lipinski definition) is 1. The summed E-state index contributed by atoms with van der Waals surface area (Å²) in [6.45, 7) is 6.85. The van der Waals surface area contributed by atoms with Crippen LogP contribution in [0.15, 0.2) is 0 Å². The maximum atomic E-state index is 10.9. The van der Waals surface area contributed by atoms with Crippen molar-refractivity contribution < 1.29 is 5.11 Å². The van der Waals surface area contributed by atoms with Crippen LogP contribution in [0, 0.1) is 11.8 Å². The first-order chi connectivity index (χ1) is 8.63. The van der Waals surface area contributed by atoms with Gasteiger partial charge in [0.15, 0.2) is 0 Å². The van der Waals surface area contributed by atoms with Crippen LogP contribution >= 0.6 is 0 Å². The molecule has 0 aromatic carbocycles. The van der Waals surface area contributed by atoms with Crippen molar-refractivity contribution in [2.24, 2.45) is 11.8 Å². The van der Waals surface area contributed by atoms with E-state index in [4.69, 9.17) is 0 Å². The normalized spacial score (nSPS) is 31.0. The zero-order valence-electron chi connectivity index (χ0n) is 12.9. The second-order valence-corrected chi connectivity index (χ2v) is 6.55. The van der Waals surface area contributed by atoms with E-state index < -0.39 is 0 Å². The molecule has 1 saturated carbocycles. The van der Waals surface area contributed by atoms with Gasteiger partial charge in [-0.15, -0.1) is 0 Å². The van der Waals surface area contributed by atoms with Crippen molar-refractivity contribution in [3.05, 3.63) is 0 Å². The molecule has 1 heteroatoms. The summed E-state index contributed by atoms with van der Waals surface area (Å²) in [5.74, 6) is 1.61. The van der Waals surface area contributed by atoms with Gasteiger partial charge in [-0.1, -0.05) is 65.7 Å². The summed E-state index contributed by atoms with van der Waals surface area (Å²) in [6, 6.07) is 0. The van der Waals surface area contributed by atoms with E-state index in [1.807, 2.05) is 0 Å². The van der Waals surface area contributed by atoms with Gasteiger partial charge in [-0.3, -0.25) is 0 Å².